The molecule has 9 nitrogen and oxygen atoms in total. The molecule has 1 fully saturated rings. The fraction of sp³-hybridized carbons (Fsp3) is 0.350. The van der Waals surface area contributed by atoms with E-state index in [1.165, 1.54) is 4.68 Å². The number of nitrogens with zero attached hydrogens (tertiary/aromatic N) is 3. The van der Waals surface area contributed by atoms with Gasteiger partial charge in [0.1, 0.15) is 22.2 Å². The first-order valence-corrected chi connectivity index (χ1v) is 11.1. The van der Waals surface area contributed by atoms with Crippen molar-refractivity contribution in [2.24, 2.45) is 13.0 Å². The van der Waals surface area contributed by atoms with Gasteiger partial charge in [-0.05, 0) is 37.5 Å². The molecule has 2 aromatic heterocycles. The highest BCUT2D eigenvalue weighted by atomic mass is 32.2. The van der Waals surface area contributed by atoms with Gasteiger partial charge in [-0.1, -0.05) is 6.07 Å². The van der Waals surface area contributed by atoms with E-state index in [-0.39, 0.29) is 17.4 Å². The van der Waals surface area contributed by atoms with E-state index < -0.39 is 11.0 Å². The topological polar surface area (TPSA) is 112 Å². The van der Waals surface area contributed by atoms with Crippen LogP contribution in [0.1, 0.15) is 18.4 Å². The van der Waals surface area contributed by atoms with Crippen molar-refractivity contribution in [1.82, 2.24) is 14.8 Å². The molecule has 0 radical (unpaired) electrons. The molecular formula is C20H24N6O3S. The third-order valence-corrected chi connectivity index (χ3v) is 6.13. The lowest BCUT2D eigenvalue weighted by molar-refractivity contribution is -0.117. The molecule has 0 aliphatic heterocycles. The summed E-state index contributed by atoms with van der Waals surface area (Å²) in [5, 5.41) is 9.43. The molecule has 1 atom stereocenters. The molecule has 0 spiro atoms. The maximum Gasteiger partial charge on any atom is 0.277 e. The van der Waals surface area contributed by atoms with Gasteiger partial charge in [0.2, 0.25) is 5.91 Å². The second-order valence-corrected chi connectivity index (χ2v) is 8.98. The Morgan fingerprint density at radius 2 is 2.03 bits per heavy atom. The normalized spacial score (nSPS) is 14.5. The van der Waals surface area contributed by atoms with Crippen molar-refractivity contribution in [3.63, 3.8) is 0 Å². The number of rotatable bonds is 6. The van der Waals surface area contributed by atoms with Crippen molar-refractivity contribution in [3.8, 4) is 0 Å². The maximum atomic E-state index is 12.7. The summed E-state index contributed by atoms with van der Waals surface area (Å²) in [6.07, 6.45) is 3.37. The summed E-state index contributed by atoms with van der Waals surface area (Å²) in [6, 6.07) is 7.39. The molecule has 10 heteroatoms. The molecule has 158 valence electrons. The second kappa shape index (κ2) is 7.60. The number of aryl methyl sites for hydroxylation is 2. The summed E-state index contributed by atoms with van der Waals surface area (Å²) in [5.41, 5.74) is 3.09. The van der Waals surface area contributed by atoms with E-state index in [9.17, 15) is 13.8 Å². The molecule has 3 N–H and O–H groups in total. The van der Waals surface area contributed by atoms with Gasteiger partial charge in [-0.25, -0.2) is 9.19 Å². The fourth-order valence-electron chi connectivity index (χ4n) is 3.25. The van der Waals surface area contributed by atoms with E-state index in [1.807, 2.05) is 25.1 Å². The van der Waals surface area contributed by atoms with Crippen LogP contribution in [-0.4, -0.2) is 38.2 Å². The summed E-state index contributed by atoms with van der Waals surface area (Å²) in [4.78, 5) is 29.3. The largest absolute Gasteiger partial charge is 0.353 e. The number of carbonyl (C=O) groups is 1. The first kappa shape index (κ1) is 20.1. The number of hydrogen-bond acceptors (Lipinski definition) is 5. The van der Waals surface area contributed by atoms with Gasteiger partial charge in [-0.2, -0.15) is 0 Å². The molecule has 4 rings (SSSR count). The molecule has 1 aromatic carbocycles. The van der Waals surface area contributed by atoms with Gasteiger partial charge in [0.25, 0.3) is 5.56 Å². The summed E-state index contributed by atoms with van der Waals surface area (Å²) >= 11 is 0. The van der Waals surface area contributed by atoms with Crippen LogP contribution in [0.4, 0.5) is 22.9 Å². The van der Waals surface area contributed by atoms with Gasteiger partial charge in [0.05, 0.1) is 17.1 Å². The number of carbonyl (C=O) groups excluding carboxylic acids is 1. The standard InChI is InChI=1S/C20H24N6O3S/c1-11-5-8-13(15(9-11)26(3)30(4)29)21-14-10-16(23-19(27)12-6-7-12)22-18-17(14)20(28)25(2)24-18/h5,8-10,12H,6-7H2,1-4H3,(H3,21,22,23,24,27). The zero-order valence-electron chi connectivity index (χ0n) is 17.3. The van der Waals surface area contributed by atoms with Crippen molar-refractivity contribution in [1.29, 1.82) is 0 Å². The molecule has 1 unspecified atom stereocenters. The van der Waals surface area contributed by atoms with Gasteiger partial charge in [-0.3, -0.25) is 23.7 Å². The van der Waals surface area contributed by atoms with E-state index in [2.05, 4.69) is 20.7 Å². The van der Waals surface area contributed by atoms with Crippen molar-refractivity contribution in [3.05, 3.63) is 40.2 Å². The zero-order valence-corrected chi connectivity index (χ0v) is 18.1. The molecule has 1 amide bonds. The van der Waals surface area contributed by atoms with E-state index in [0.717, 1.165) is 24.1 Å². The number of amides is 1. The number of aromatic nitrogens is 3. The predicted molar refractivity (Wildman–Crippen MR) is 120 cm³/mol. The summed E-state index contributed by atoms with van der Waals surface area (Å²) < 4.78 is 15.1. The summed E-state index contributed by atoms with van der Waals surface area (Å²) in [6.45, 7) is 1.96. The van der Waals surface area contributed by atoms with Gasteiger partial charge >= 0.3 is 0 Å². The van der Waals surface area contributed by atoms with Crippen LogP contribution < -0.4 is 20.5 Å². The molecule has 0 saturated heterocycles. The minimum Gasteiger partial charge on any atom is -0.353 e. The smallest absolute Gasteiger partial charge is 0.277 e. The van der Waals surface area contributed by atoms with Crippen LogP contribution in [-0.2, 0) is 22.8 Å². The van der Waals surface area contributed by atoms with E-state index in [0.29, 0.717) is 28.2 Å². The number of aromatic amines is 1. The third-order valence-electron chi connectivity index (χ3n) is 5.16. The number of pyridine rings is 1. The third kappa shape index (κ3) is 3.82. The van der Waals surface area contributed by atoms with Crippen LogP contribution in [0.25, 0.3) is 11.0 Å². The van der Waals surface area contributed by atoms with Crippen molar-refractivity contribution < 1.29 is 9.00 Å². The van der Waals surface area contributed by atoms with Crippen molar-refractivity contribution in [2.75, 3.05) is 28.2 Å². The number of H-pyrrole nitrogens is 1. The Morgan fingerprint density at radius 1 is 1.30 bits per heavy atom. The highest BCUT2D eigenvalue weighted by Gasteiger charge is 2.30. The first-order valence-electron chi connectivity index (χ1n) is 9.60. The Labute approximate surface area is 176 Å². The van der Waals surface area contributed by atoms with Gasteiger partial charge in [-0.15, -0.1) is 0 Å². The molecule has 1 saturated carbocycles. The molecule has 30 heavy (non-hydrogen) atoms. The monoisotopic (exact) mass is 428 g/mol. The Hall–Kier alpha value is -3.14. The lowest BCUT2D eigenvalue weighted by atomic mass is 10.1. The highest BCUT2D eigenvalue weighted by molar-refractivity contribution is 7.85. The predicted octanol–water partition coefficient (Wildman–Crippen LogP) is 2.39. The van der Waals surface area contributed by atoms with Crippen LogP contribution in [0.5, 0.6) is 0 Å². The maximum absolute atomic E-state index is 12.7. The lowest BCUT2D eigenvalue weighted by Gasteiger charge is -2.21. The fourth-order valence-corrected chi connectivity index (χ4v) is 3.68. The van der Waals surface area contributed by atoms with Crippen LogP contribution in [0.15, 0.2) is 29.1 Å². The van der Waals surface area contributed by atoms with E-state index in [1.54, 1.807) is 30.7 Å². The minimum absolute atomic E-state index is 0.0330. The first-order chi connectivity index (χ1) is 14.2. The highest BCUT2D eigenvalue weighted by Crippen LogP contribution is 2.34. The average Bonchev–Trinajstić information content (AvgIpc) is 3.49. The Balaban J connectivity index is 1.81. The molecule has 0 bridgehead atoms. The molecule has 2 heterocycles. The Bertz CT molecular complexity index is 1230. The van der Waals surface area contributed by atoms with Crippen LogP contribution in [0, 0.1) is 12.8 Å². The average molecular weight is 429 g/mol. The molecule has 1 aliphatic rings. The van der Waals surface area contributed by atoms with Crippen molar-refractivity contribution in [2.45, 2.75) is 19.8 Å². The van der Waals surface area contributed by atoms with Gasteiger partial charge < -0.3 is 10.6 Å². The van der Waals surface area contributed by atoms with Crippen LogP contribution >= 0.6 is 0 Å². The number of nitrogens with one attached hydrogen (secondary N) is 3. The molecule has 1 aliphatic carbocycles. The van der Waals surface area contributed by atoms with Crippen molar-refractivity contribution >= 4 is 50.8 Å². The van der Waals surface area contributed by atoms with E-state index in [4.69, 9.17) is 0 Å². The second-order valence-electron chi connectivity index (χ2n) is 7.59. The Morgan fingerprint density at radius 3 is 2.70 bits per heavy atom. The number of fused-ring (bicyclic) bond motifs is 1. The molecule has 3 aromatic rings. The lowest BCUT2D eigenvalue weighted by Crippen LogP contribution is -2.20. The summed E-state index contributed by atoms with van der Waals surface area (Å²) in [5.74, 6) is 0.332. The van der Waals surface area contributed by atoms with Gasteiger partial charge in [0, 0.05) is 32.3 Å². The van der Waals surface area contributed by atoms with Crippen LogP contribution in [0.3, 0.4) is 0 Å². The Kier molecular flexibility index (Phi) is 5.10. The SMILES string of the molecule is Cc1ccc(Nc2cc(NC(=O)C3CC3)nc3[nH]n(C)c(=O)c23)c(N(C)S(C)=O)c1. The zero-order chi connectivity index (χ0) is 21.6. The number of anilines is 4. The summed E-state index contributed by atoms with van der Waals surface area (Å²) in [7, 11) is 2.13. The van der Waals surface area contributed by atoms with E-state index >= 15 is 0 Å². The molecular weight excluding hydrogens is 404 g/mol. The number of hydrogen-bond donors (Lipinski definition) is 3. The minimum atomic E-state index is -1.22. The number of benzene rings is 1. The van der Waals surface area contributed by atoms with Gasteiger partial charge in [0.15, 0.2) is 5.65 Å². The van der Waals surface area contributed by atoms with Crippen LogP contribution in [0.2, 0.25) is 0 Å². The quantitative estimate of drug-likeness (QED) is 0.558.